The number of ether oxygens (including phenoxy) is 1. The number of carbonyl (C=O) groups excluding carboxylic acids is 2. The summed E-state index contributed by atoms with van der Waals surface area (Å²) in [5.41, 5.74) is 1.37. The lowest BCUT2D eigenvalue weighted by atomic mass is 9.71. The van der Waals surface area contributed by atoms with Gasteiger partial charge in [-0.2, -0.15) is 0 Å². The molecule has 2 fully saturated rings. The zero-order valence-electron chi connectivity index (χ0n) is 19.0. The van der Waals surface area contributed by atoms with Gasteiger partial charge in [-0.1, -0.05) is 67.8 Å². The van der Waals surface area contributed by atoms with Crippen molar-refractivity contribution < 1.29 is 14.3 Å². The first-order chi connectivity index (χ1) is 15.6. The van der Waals surface area contributed by atoms with Gasteiger partial charge in [-0.3, -0.25) is 9.59 Å². The molecular formula is C27H34N2O3. The van der Waals surface area contributed by atoms with Gasteiger partial charge in [-0.15, -0.1) is 0 Å². The molecule has 0 unspecified atom stereocenters. The number of methoxy groups -OCH3 is 1. The Balaban J connectivity index is 1.49. The van der Waals surface area contributed by atoms with E-state index in [2.05, 4.69) is 5.32 Å². The fourth-order valence-corrected chi connectivity index (χ4v) is 5.31. The standard InChI is InChI=1S/C27H34N2O3/c1-32-24-15-9-8-12-22(24)20-28-26(31)27(23-13-6-3-7-14-23)16-18-29(19-17-27)25(30)21-10-4-2-5-11-21/h3,6-9,12-15,21H,2,4-5,10-11,16-20H2,1H3,(H,28,31). The topological polar surface area (TPSA) is 58.6 Å². The Kier molecular flexibility index (Phi) is 7.13. The van der Waals surface area contributed by atoms with Crippen LogP contribution in [-0.2, 0) is 21.5 Å². The molecule has 1 saturated heterocycles. The molecule has 5 nitrogen and oxygen atoms in total. The zero-order chi connectivity index (χ0) is 22.4. The Bertz CT molecular complexity index is 914. The number of hydrogen-bond acceptors (Lipinski definition) is 3. The second-order valence-corrected chi connectivity index (χ2v) is 9.10. The number of amides is 2. The largest absolute Gasteiger partial charge is 0.496 e. The van der Waals surface area contributed by atoms with Crippen LogP contribution in [0.2, 0.25) is 0 Å². The highest BCUT2D eigenvalue weighted by molar-refractivity contribution is 5.89. The van der Waals surface area contributed by atoms with Gasteiger partial charge in [-0.25, -0.2) is 0 Å². The number of benzene rings is 2. The summed E-state index contributed by atoms with van der Waals surface area (Å²) in [6.07, 6.45) is 6.87. The highest BCUT2D eigenvalue weighted by atomic mass is 16.5. The first-order valence-corrected chi connectivity index (χ1v) is 11.9. The molecule has 2 aromatic rings. The van der Waals surface area contributed by atoms with Crippen molar-refractivity contribution in [1.29, 1.82) is 0 Å². The van der Waals surface area contributed by atoms with Crippen molar-refractivity contribution >= 4 is 11.8 Å². The summed E-state index contributed by atoms with van der Waals surface area (Å²) in [6, 6.07) is 17.8. The van der Waals surface area contributed by atoms with Gasteiger partial charge in [0.2, 0.25) is 11.8 Å². The highest BCUT2D eigenvalue weighted by Crippen LogP contribution is 2.37. The third-order valence-corrected chi connectivity index (χ3v) is 7.28. The summed E-state index contributed by atoms with van der Waals surface area (Å²) in [7, 11) is 1.64. The monoisotopic (exact) mass is 434 g/mol. The number of rotatable bonds is 6. The first-order valence-electron chi connectivity index (χ1n) is 11.9. The van der Waals surface area contributed by atoms with Crippen LogP contribution >= 0.6 is 0 Å². The number of piperidine rings is 1. The number of carbonyl (C=O) groups is 2. The number of nitrogens with one attached hydrogen (secondary N) is 1. The minimum atomic E-state index is -0.618. The van der Waals surface area contributed by atoms with Crippen LogP contribution in [0, 0.1) is 5.92 Å². The molecule has 2 amide bonds. The molecule has 5 heteroatoms. The average Bonchev–Trinajstić information content (AvgIpc) is 2.88. The van der Waals surface area contributed by atoms with Crippen molar-refractivity contribution in [2.45, 2.75) is 56.9 Å². The van der Waals surface area contributed by atoms with E-state index in [9.17, 15) is 9.59 Å². The van der Waals surface area contributed by atoms with E-state index in [1.807, 2.05) is 59.5 Å². The van der Waals surface area contributed by atoms with Crippen molar-refractivity contribution in [3.63, 3.8) is 0 Å². The van der Waals surface area contributed by atoms with Crippen LogP contribution in [0.1, 0.15) is 56.1 Å². The third-order valence-electron chi connectivity index (χ3n) is 7.28. The van der Waals surface area contributed by atoms with Crippen molar-refractivity contribution in [2.75, 3.05) is 20.2 Å². The number of para-hydroxylation sites is 1. The lowest BCUT2D eigenvalue weighted by Gasteiger charge is -2.42. The van der Waals surface area contributed by atoms with Crippen molar-refractivity contribution in [2.24, 2.45) is 5.92 Å². The second kappa shape index (κ2) is 10.2. The van der Waals surface area contributed by atoms with E-state index in [-0.39, 0.29) is 11.8 Å². The molecule has 0 atom stereocenters. The van der Waals surface area contributed by atoms with Crippen molar-refractivity contribution in [3.05, 3.63) is 65.7 Å². The zero-order valence-corrected chi connectivity index (χ0v) is 19.0. The molecule has 2 aromatic carbocycles. The van der Waals surface area contributed by atoms with Crippen LogP contribution < -0.4 is 10.1 Å². The third kappa shape index (κ3) is 4.67. The SMILES string of the molecule is COc1ccccc1CNC(=O)C1(c2ccccc2)CCN(C(=O)C2CCCCC2)CC1. The predicted octanol–water partition coefficient (Wildman–Crippen LogP) is 4.45. The van der Waals surface area contributed by atoms with Crippen LogP contribution in [0.25, 0.3) is 0 Å². The Morgan fingerprint density at radius 3 is 2.31 bits per heavy atom. The van der Waals surface area contributed by atoms with Crippen molar-refractivity contribution in [3.8, 4) is 5.75 Å². The molecule has 1 aliphatic carbocycles. The summed E-state index contributed by atoms with van der Waals surface area (Å²) < 4.78 is 5.44. The molecule has 0 bridgehead atoms. The van der Waals surface area contributed by atoms with E-state index in [1.165, 1.54) is 6.42 Å². The molecule has 0 radical (unpaired) electrons. The number of hydrogen-bond donors (Lipinski definition) is 1. The summed E-state index contributed by atoms with van der Waals surface area (Å²) in [5, 5.41) is 3.17. The van der Waals surface area contributed by atoms with E-state index >= 15 is 0 Å². The van der Waals surface area contributed by atoms with Crippen LogP contribution in [-0.4, -0.2) is 36.9 Å². The number of nitrogens with zero attached hydrogens (tertiary/aromatic N) is 1. The molecule has 1 saturated carbocycles. The summed E-state index contributed by atoms with van der Waals surface area (Å²) in [5.74, 6) is 1.27. The minimum Gasteiger partial charge on any atom is -0.496 e. The van der Waals surface area contributed by atoms with Crippen molar-refractivity contribution in [1.82, 2.24) is 10.2 Å². The lowest BCUT2D eigenvalue weighted by Crippen LogP contribution is -2.53. The maximum Gasteiger partial charge on any atom is 0.231 e. The van der Waals surface area contributed by atoms with Gasteiger partial charge >= 0.3 is 0 Å². The number of likely N-dealkylation sites (tertiary alicyclic amines) is 1. The molecule has 2 aliphatic rings. The summed E-state index contributed by atoms with van der Waals surface area (Å²) in [4.78, 5) is 28.7. The van der Waals surface area contributed by atoms with Gasteiger partial charge < -0.3 is 15.0 Å². The van der Waals surface area contributed by atoms with Crippen LogP contribution in [0.4, 0.5) is 0 Å². The van der Waals surface area contributed by atoms with Crippen LogP contribution in [0.3, 0.4) is 0 Å². The Hall–Kier alpha value is -2.82. The fourth-order valence-electron chi connectivity index (χ4n) is 5.31. The van der Waals surface area contributed by atoms with E-state index in [1.54, 1.807) is 7.11 Å². The molecule has 170 valence electrons. The maximum absolute atomic E-state index is 13.6. The molecule has 4 rings (SSSR count). The van der Waals surface area contributed by atoms with Crippen LogP contribution in [0.15, 0.2) is 54.6 Å². The Morgan fingerprint density at radius 1 is 0.969 bits per heavy atom. The van der Waals surface area contributed by atoms with Gasteiger partial charge in [0.25, 0.3) is 0 Å². The van der Waals surface area contributed by atoms with Crippen LogP contribution in [0.5, 0.6) is 5.75 Å². The normalized spacial score (nSPS) is 18.7. The van der Waals surface area contributed by atoms with Gasteiger partial charge in [-0.05, 0) is 37.3 Å². The molecule has 1 heterocycles. The predicted molar refractivity (Wildman–Crippen MR) is 125 cm³/mol. The van der Waals surface area contributed by atoms with Gasteiger partial charge in [0.1, 0.15) is 5.75 Å². The van der Waals surface area contributed by atoms with E-state index < -0.39 is 5.41 Å². The Labute approximate surface area is 191 Å². The second-order valence-electron chi connectivity index (χ2n) is 9.10. The van der Waals surface area contributed by atoms with E-state index in [4.69, 9.17) is 4.74 Å². The minimum absolute atomic E-state index is 0.0272. The molecular weight excluding hydrogens is 400 g/mol. The quantitative estimate of drug-likeness (QED) is 0.731. The fraction of sp³-hybridized carbons (Fsp3) is 0.481. The van der Waals surface area contributed by atoms with Gasteiger partial charge in [0, 0.05) is 31.1 Å². The molecule has 1 aliphatic heterocycles. The molecule has 0 aromatic heterocycles. The molecule has 32 heavy (non-hydrogen) atoms. The van der Waals surface area contributed by atoms with E-state index in [0.29, 0.717) is 38.4 Å². The Morgan fingerprint density at radius 2 is 1.62 bits per heavy atom. The van der Waals surface area contributed by atoms with Gasteiger partial charge in [0.05, 0.1) is 12.5 Å². The highest BCUT2D eigenvalue weighted by Gasteiger charge is 2.44. The molecule has 0 spiro atoms. The average molecular weight is 435 g/mol. The summed E-state index contributed by atoms with van der Waals surface area (Å²) >= 11 is 0. The molecule has 1 N–H and O–H groups in total. The van der Waals surface area contributed by atoms with Gasteiger partial charge in [0.15, 0.2) is 0 Å². The summed E-state index contributed by atoms with van der Waals surface area (Å²) in [6.45, 7) is 1.68. The van der Waals surface area contributed by atoms with E-state index in [0.717, 1.165) is 42.6 Å². The smallest absolute Gasteiger partial charge is 0.231 e. The lowest BCUT2D eigenvalue weighted by molar-refractivity contribution is -0.141. The first kappa shape index (κ1) is 22.4. The maximum atomic E-state index is 13.6.